The molecule has 1 saturated heterocycles. The average Bonchev–Trinajstić information content (AvgIpc) is 3.17. The minimum absolute atomic E-state index is 0.0354. The number of aliphatic hydroxyl groups is 1. The molecule has 3 rings (SSSR count). The summed E-state index contributed by atoms with van der Waals surface area (Å²) in [6.45, 7) is 5.14. The van der Waals surface area contributed by atoms with Crippen molar-refractivity contribution in [2.75, 3.05) is 18.8 Å². The molecule has 1 aliphatic heterocycles. The van der Waals surface area contributed by atoms with Crippen LogP contribution in [0.1, 0.15) is 37.0 Å². The highest BCUT2D eigenvalue weighted by Crippen LogP contribution is 2.35. The number of benzene rings is 2. The average molecular weight is 499 g/mol. The zero-order valence-electron chi connectivity index (χ0n) is 18.5. The Hall–Kier alpha value is -1.99. The van der Waals surface area contributed by atoms with Gasteiger partial charge in [-0.2, -0.15) is 13.2 Å². The van der Waals surface area contributed by atoms with E-state index in [-0.39, 0.29) is 22.9 Å². The number of nitrogens with two attached hydrogens (primary N) is 1. The van der Waals surface area contributed by atoms with Crippen LogP contribution in [0.15, 0.2) is 53.6 Å². The minimum atomic E-state index is -4.49. The summed E-state index contributed by atoms with van der Waals surface area (Å²) in [5, 5.41) is 11.0. The van der Waals surface area contributed by atoms with Crippen molar-refractivity contribution in [3.63, 3.8) is 0 Å². The number of anilines is 1. The van der Waals surface area contributed by atoms with Crippen LogP contribution in [0.25, 0.3) is 6.08 Å². The van der Waals surface area contributed by atoms with Crippen molar-refractivity contribution in [1.29, 1.82) is 0 Å². The zero-order chi connectivity index (χ0) is 24.3. The first-order chi connectivity index (χ1) is 15.4. The quantitative estimate of drug-likeness (QED) is 0.429. The molecule has 0 radical (unpaired) electrons. The van der Waals surface area contributed by atoms with Crippen molar-refractivity contribution in [1.82, 2.24) is 4.90 Å². The lowest BCUT2D eigenvalue weighted by molar-refractivity contribution is -0.138. The van der Waals surface area contributed by atoms with Crippen LogP contribution in [-0.2, 0) is 12.6 Å². The molecule has 1 atom stereocenters. The largest absolute Gasteiger partial charge is 0.416 e. The number of likely N-dealkylation sites (tertiary alicyclic amines) is 1. The van der Waals surface area contributed by atoms with E-state index in [1.807, 2.05) is 24.8 Å². The van der Waals surface area contributed by atoms with E-state index in [1.54, 1.807) is 24.3 Å². The van der Waals surface area contributed by atoms with Gasteiger partial charge in [0.2, 0.25) is 0 Å². The molecule has 3 nitrogen and oxygen atoms in total. The Morgan fingerprint density at radius 2 is 1.91 bits per heavy atom. The maximum atomic E-state index is 13.6. The van der Waals surface area contributed by atoms with Crippen LogP contribution in [-0.4, -0.2) is 29.3 Å². The van der Waals surface area contributed by atoms with Gasteiger partial charge in [0.1, 0.15) is 6.23 Å². The molecule has 1 fully saturated rings. The number of nitrogens with zero attached hydrogens (tertiary/aromatic N) is 1. The van der Waals surface area contributed by atoms with Crippen LogP contribution < -0.4 is 5.73 Å². The first kappa shape index (κ1) is 25.6. The first-order valence-electron chi connectivity index (χ1n) is 10.7. The second-order valence-electron chi connectivity index (χ2n) is 8.66. The van der Waals surface area contributed by atoms with E-state index in [0.717, 1.165) is 23.6 Å². The predicted molar refractivity (Wildman–Crippen MR) is 129 cm³/mol. The van der Waals surface area contributed by atoms with Gasteiger partial charge in [0.15, 0.2) is 0 Å². The number of rotatable bonds is 6. The van der Waals surface area contributed by atoms with E-state index in [9.17, 15) is 18.3 Å². The van der Waals surface area contributed by atoms with Gasteiger partial charge in [0.05, 0.1) is 16.3 Å². The SMILES string of the molecule is CC(C)C(O)N1CC/C(=C\C(=C\c2ccc(N)c(Cl)c2)Cc2cc(Cl)ccc2C(F)(F)F)C1. The molecule has 2 aromatic carbocycles. The fraction of sp³-hybridized carbons (Fsp3) is 0.360. The third kappa shape index (κ3) is 6.76. The summed E-state index contributed by atoms with van der Waals surface area (Å²) in [7, 11) is 0. The molecule has 8 heteroatoms. The van der Waals surface area contributed by atoms with Crippen LogP contribution in [0.2, 0.25) is 10.0 Å². The van der Waals surface area contributed by atoms with Gasteiger partial charge in [-0.25, -0.2) is 0 Å². The number of aliphatic hydroxyl groups excluding tert-OH is 1. The third-order valence-electron chi connectivity index (χ3n) is 5.63. The molecule has 33 heavy (non-hydrogen) atoms. The molecule has 0 amide bonds. The number of halogens is 5. The molecule has 0 saturated carbocycles. The normalized spacial score (nSPS) is 17.8. The Morgan fingerprint density at radius 1 is 1.18 bits per heavy atom. The van der Waals surface area contributed by atoms with Gasteiger partial charge in [-0.1, -0.05) is 60.8 Å². The highest BCUT2D eigenvalue weighted by atomic mass is 35.5. The molecule has 0 aromatic heterocycles. The lowest BCUT2D eigenvalue weighted by Crippen LogP contribution is -2.36. The predicted octanol–water partition coefficient (Wildman–Crippen LogP) is 6.83. The van der Waals surface area contributed by atoms with E-state index < -0.39 is 18.0 Å². The summed E-state index contributed by atoms with van der Waals surface area (Å²) < 4.78 is 40.9. The van der Waals surface area contributed by atoms with E-state index >= 15 is 0 Å². The zero-order valence-corrected chi connectivity index (χ0v) is 20.0. The number of alkyl halides is 3. The number of hydrogen-bond donors (Lipinski definition) is 2. The smallest absolute Gasteiger partial charge is 0.398 e. The molecule has 1 aliphatic rings. The van der Waals surface area contributed by atoms with Crippen LogP contribution in [0.3, 0.4) is 0 Å². The molecule has 0 spiro atoms. The Morgan fingerprint density at radius 3 is 2.55 bits per heavy atom. The molecule has 178 valence electrons. The van der Waals surface area contributed by atoms with Gasteiger partial charge in [-0.05, 0) is 65.8 Å². The molecule has 2 aromatic rings. The van der Waals surface area contributed by atoms with Crippen molar-refractivity contribution in [2.24, 2.45) is 5.92 Å². The van der Waals surface area contributed by atoms with Crippen LogP contribution >= 0.6 is 23.2 Å². The van der Waals surface area contributed by atoms with E-state index in [2.05, 4.69) is 0 Å². The monoisotopic (exact) mass is 498 g/mol. The van der Waals surface area contributed by atoms with Gasteiger partial charge in [0, 0.05) is 18.1 Å². The highest BCUT2D eigenvalue weighted by Gasteiger charge is 2.33. The second-order valence-corrected chi connectivity index (χ2v) is 9.50. The van der Waals surface area contributed by atoms with Gasteiger partial charge in [0.25, 0.3) is 0 Å². The van der Waals surface area contributed by atoms with Crippen molar-refractivity contribution in [3.05, 3.63) is 80.4 Å². The van der Waals surface area contributed by atoms with Crippen LogP contribution in [0, 0.1) is 5.92 Å². The molecule has 1 heterocycles. The summed E-state index contributed by atoms with van der Waals surface area (Å²) in [4.78, 5) is 1.97. The molecule has 1 unspecified atom stereocenters. The van der Waals surface area contributed by atoms with Crippen LogP contribution in [0.4, 0.5) is 18.9 Å². The fourth-order valence-electron chi connectivity index (χ4n) is 3.93. The van der Waals surface area contributed by atoms with Crippen molar-refractivity contribution >= 4 is 35.0 Å². The number of nitrogen functional groups attached to an aromatic ring is 1. The minimum Gasteiger partial charge on any atom is -0.398 e. The lowest BCUT2D eigenvalue weighted by atomic mass is 9.96. The Bertz CT molecular complexity index is 1060. The lowest BCUT2D eigenvalue weighted by Gasteiger charge is -2.25. The second kappa shape index (κ2) is 10.5. The number of hydrogen-bond acceptors (Lipinski definition) is 3. The number of allylic oxidation sites excluding steroid dienone is 2. The Labute approximate surface area is 202 Å². The van der Waals surface area contributed by atoms with Gasteiger partial charge < -0.3 is 10.8 Å². The maximum Gasteiger partial charge on any atom is 0.416 e. The molecular formula is C25H27Cl2F3N2O. The van der Waals surface area contributed by atoms with Gasteiger partial charge >= 0.3 is 6.18 Å². The Balaban J connectivity index is 2.00. The first-order valence-corrected chi connectivity index (χ1v) is 11.4. The Kier molecular flexibility index (Phi) is 8.17. The summed E-state index contributed by atoms with van der Waals surface area (Å²) in [6.07, 6.45) is -0.573. The molecular weight excluding hydrogens is 472 g/mol. The summed E-state index contributed by atoms with van der Waals surface area (Å²) in [6, 6.07) is 8.73. The summed E-state index contributed by atoms with van der Waals surface area (Å²) >= 11 is 12.2. The highest BCUT2D eigenvalue weighted by molar-refractivity contribution is 6.33. The van der Waals surface area contributed by atoms with Gasteiger partial charge in [-0.3, -0.25) is 4.90 Å². The van der Waals surface area contributed by atoms with Crippen molar-refractivity contribution in [3.8, 4) is 0 Å². The standard InChI is InChI=1S/C25H27Cl2F3N2O/c1-15(2)24(33)32-8-7-17(14-32)10-18(9-16-3-6-23(31)22(27)12-16)11-19-13-20(26)4-5-21(19)25(28,29)30/h3-6,9-10,12-13,15,24,33H,7-8,11,14,31H2,1-2H3/b17-10+,18-9-. The van der Waals surface area contributed by atoms with Crippen molar-refractivity contribution < 1.29 is 18.3 Å². The molecule has 0 bridgehead atoms. The topological polar surface area (TPSA) is 49.5 Å². The summed E-state index contributed by atoms with van der Waals surface area (Å²) in [5.74, 6) is 0.0806. The van der Waals surface area contributed by atoms with E-state index in [1.165, 1.54) is 12.1 Å². The molecule has 0 aliphatic carbocycles. The molecule has 3 N–H and O–H groups in total. The maximum absolute atomic E-state index is 13.6. The third-order valence-corrected chi connectivity index (χ3v) is 6.19. The van der Waals surface area contributed by atoms with E-state index in [4.69, 9.17) is 28.9 Å². The van der Waals surface area contributed by atoms with Gasteiger partial charge in [-0.15, -0.1) is 0 Å². The summed E-state index contributed by atoms with van der Waals surface area (Å²) in [5.41, 5.74) is 8.05. The van der Waals surface area contributed by atoms with E-state index in [0.29, 0.717) is 29.4 Å². The van der Waals surface area contributed by atoms with Crippen LogP contribution in [0.5, 0.6) is 0 Å². The fourth-order valence-corrected chi connectivity index (χ4v) is 4.31. The van der Waals surface area contributed by atoms with Crippen molar-refractivity contribution in [2.45, 2.75) is 39.1 Å².